The molecule has 0 spiro atoms. The number of fused-ring (bicyclic) bond motifs is 1. The van der Waals surface area contributed by atoms with Gasteiger partial charge >= 0.3 is 5.69 Å². The van der Waals surface area contributed by atoms with Gasteiger partial charge in [0.25, 0.3) is 0 Å². The third-order valence-corrected chi connectivity index (χ3v) is 3.87. The van der Waals surface area contributed by atoms with Gasteiger partial charge in [-0.3, -0.25) is 0 Å². The standard InChI is InChI=1S/C12H15N5O2/c18-12-16-15-10-5-9(13-6-17(10)12)14-8-3-4-19-11(8)7-1-2-7/h5-8,11,14H,1-4H2,(H,16,18). The topological polar surface area (TPSA) is 84.3 Å². The first-order chi connectivity index (χ1) is 9.31. The number of anilines is 1. The Morgan fingerprint density at radius 2 is 2.32 bits per heavy atom. The fraction of sp³-hybridized carbons (Fsp3) is 0.583. The molecule has 7 nitrogen and oxygen atoms in total. The van der Waals surface area contributed by atoms with E-state index in [2.05, 4.69) is 20.5 Å². The molecule has 1 aliphatic carbocycles. The predicted molar refractivity (Wildman–Crippen MR) is 68.1 cm³/mol. The van der Waals surface area contributed by atoms with Gasteiger partial charge in [-0.25, -0.2) is 19.3 Å². The van der Waals surface area contributed by atoms with E-state index >= 15 is 0 Å². The van der Waals surface area contributed by atoms with E-state index in [1.54, 1.807) is 6.07 Å². The molecule has 100 valence electrons. The van der Waals surface area contributed by atoms with Crippen LogP contribution in [-0.2, 0) is 4.74 Å². The molecule has 1 saturated carbocycles. The van der Waals surface area contributed by atoms with E-state index < -0.39 is 0 Å². The van der Waals surface area contributed by atoms with Crippen molar-refractivity contribution in [3.63, 3.8) is 0 Å². The van der Waals surface area contributed by atoms with Gasteiger partial charge in [-0.2, -0.15) is 5.10 Å². The van der Waals surface area contributed by atoms with Crippen LogP contribution in [0.2, 0.25) is 0 Å². The van der Waals surface area contributed by atoms with Gasteiger partial charge in [0.1, 0.15) is 12.1 Å². The number of aromatic amines is 1. The van der Waals surface area contributed by atoms with Crippen molar-refractivity contribution in [3.8, 4) is 0 Å². The van der Waals surface area contributed by atoms with Crippen molar-refractivity contribution < 1.29 is 4.74 Å². The molecule has 2 fully saturated rings. The number of hydrogen-bond donors (Lipinski definition) is 2. The number of H-pyrrole nitrogens is 1. The maximum Gasteiger partial charge on any atom is 0.348 e. The molecule has 0 radical (unpaired) electrons. The summed E-state index contributed by atoms with van der Waals surface area (Å²) in [5.74, 6) is 1.45. The third kappa shape index (κ3) is 1.90. The quantitative estimate of drug-likeness (QED) is 0.835. The molecule has 19 heavy (non-hydrogen) atoms. The highest BCUT2D eigenvalue weighted by atomic mass is 16.5. The van der Waals surface area contributed by atoms with Gasteiger partial charge in [-0.1, -0.05) is 0 Å². The smallest absolute Gasteiger partial charge is 0.348 e. The van der Waals surface area contributed by atoms with Crippen LogP contribution in [0.5, 0.6) is 0 Å². The molecule has 1 saturated heterocycles. The molecule has 2 N–H and O–H groups in total. The molecule has 2 atom stereocenters. The summed E-state index contributed by atoms with van der Waals surface area (Å²) in [7, 11) is 0. The third-order valence-electron chi connectivity index (χ3n) is 3.87. The minimum Gasteiger partial charge on any atom is -0.376 e. The second kappa shape index (κ2) is 4.06. The fourth-order valence-corrected chi connectivity index (χ4v) is 2.73. The number of aromatic nitrogens is 4. The summed E-state index contributed by atoms with van der Waals surface area (Å²) in [4.78, 5) is 15.6. The van der Waals surface area contributed by atoms with Crippen LogP contribution >= 0.6 is 0 Å². The Kier molecular flexibility index (Phi) is 2.34. The second-order valence-corrected chi connectivity index (χ2v) is 5.24. The summed E-state index contributed by atoms with van der Waals surface area (Å²) in [5.41, 5.74) is 0.304. The van der Waals surface area contributed by atoms with Crippen LogP contribution in [0.15, 0.2) is 17.2 Å². The summed E-state index contributed by atoms with van der Waals surface area (Å²) in [5, 5.41) is 9.74. The number of nitrogens with zero attached hydrogens (tertiary/aromatic N) is 3. The Morgan fingerprint density at radius 1 is 1.42 bits per heavy atom. The molecule has 1 aliphatic heterocycles. The van der Waals surface area contributed by atoms with E-state index in [0.29, 0.717) is 23.7 Å². The van der Waals surface area contributed by atoms with Crippen LogP contribution < -0.4 is 11.0 Å². The van der Waals surface area contributed by atoms with Gasteiger partial charge in [0.2, 0.25) is 0 Å². The zero-order valence-electron chi connectivity index (χ0n) is 10.4. The van der Waals surface area contributed by atoms with E-state index in [1.807, 2.05) is 0 Å². The number of ether oxygens (including phenoxy) is 1. The Morgan fingerprint density at radius 3 is 3.16 bits per heavy atom. The number of nitrogens with one attached hydrogen (secondary N) is 2. The first-order valence-corrected chi connectivity index (χ1v) is 6.62. The van der Waals surface area contributed by atoms with Crippen LogP contribution in [0, 0.1) is 5.92 Å². The van der Waals surface area contributed by atoms with Gasteiger partial charge in [-0.05, 0) is 25.2 Å². The van der Waals surface area contributed by atoms with Crippen molar-refractivity contribution in [1.82, 2.24) is 19.6 Å². The summed E-state index contributed by atoms with van der Waals surface area (Å²) in [6.45, 7) is 0.808. The SMILES string of the molecule is O=c1[nH]nc2cc(NC3CCOC3C3CC3)ncn12. The van der Waals surface area contributed by atoms with Crippen molar-refractivity contribution in [1.29, 1.82) is 0 Å². The lowest BCUT2D eigenvalue weighted by Crippen LogP contribution is -2.31. The first kappa shape index (κ1) is 11.0. The van der Waals surface area contributed by atoms with E-state index in [9.17, 15) is 4.79 Å². The van der Waals surface area contributed by atoms with Gasteiger partial charge in [0.05, 0.1) is 12.1 Å². The molecular weight excluding hydrogens is 246 g/mol. The van der Waals surface area contributed by atoms with Crippen molar-refractivity contribution in [2.75, 3.05) is 11.9 Å². The minimum absolute atomic E-state index is 0.269. The Bertz CT molecular complexity index is 659. The number of hydrogen-bond acceptors (Lipinski definition) is 5. The zero-order valence-corrected chi connectivity index (χ0v) is 10.4. The number of rotatable bonds is 3. The Labute approximate surface area is 109 Å². The lowest BCUT2D eigenvalue weighted by Gasteiger charge is -2.19. The minimum atomic E-state index is -0.269. The molecule has 3 heterocycles. The normalized spacial score (nSPS) is 26.9. The molecular formula is C12H15N5O2. The van der Waals surface area contributed by atoms with Gasteiger partial charge < -0.3 is 10.1 Å². The van der Waals surface area contributed by atoms with Crippen molar-refractivity contribution in [2.24, 2.45) is 5.92 Å². The van der Waals surface area contributed by atoms with Gasteiger partial charge in [0, 0.05) is 12.7 Å². The Hall–Kier alpha value is -1.89. The predicted octanol–water partition coefficient (Wildman–Crippen LogP) is 0.397. The lowest BCUT2D eigenvalue weighted by molar-refractivity contribution is 0.0898. The Balaban J connectivity index is 1.58. The van der Waals surface area contributed by atoms with Crippen molar-refractivity contribution in [2.45, 2.75) is 31.4 Å². The van der Waals surface area contributed by atoms with Gasteiger partial charge in [-0.15, -0.1) is 0 Å². The van der Waals surface area contributed by atoms with Crippen LogP contribution in [0.1, 0.15) is 19.3 Å². The summed E-state index contributed by atoms with van der Waals surface area (Å²) < 4.78 is 7.17. The van der Waals surface area contributed by atoms with Gasteiger partial charge in [0.15, 0.2) is 5.65 Å². The maximum absolute atomic E-state index is 11.3. The van der Waals surface area contributed by atoms with Crippen LogP contribution in [-0.4, -0.2) is 38.3 Å². The molecule has 0 amide bonds. The molecule has 4 rings (SSSR count). The second-order valence-electron chi connectivity index (χ2n) is 5.24. The van der Waals surface area contributed by atoms with Crippen LogP contribution in [0.3, 0.4) is 0 Å². The van der Waals surface area contributed by atoms with Crippen LogP contribution in [0.4, 0.5) is 5.82 Å². The highest BCUT2D eigenvalue weighted by molar-refractivity contribution is 5.49. The summed E-state index contributed by atoms with van der Waals surface area (Å²) >= 11 is 0. The first-order valence-electron chi connectivity index (χ1n) is 6.62. The average Bonchev–Trinajstić information content (AvgIpc) is 3.06. The highest BCUT2D eigenvalue weighted by Gasteiger charge is 2.40. The summed E-state index contributed by atoms with van der Waals surface area (Å²) in [6, 6.07) is 2.09. The van der Waals surface area contributed by atoms with Crippen molar-refractivity contribution >= 4 is 11.5 Å². The molecule has 0 aromatic carbocycles. The average molecular weight is 261 g/mol. The molecule has 7 heteroatoms. The van der Waals surface area contributed by atoms with E-state index in [1.165, 1.54) is 23.6 Å². The molecule has 2 aliphatic rings. The molecule has 0 bridgehead atoms. The van der Waals surface area contributed by atoms with E-state index in [4.69, 9.17) is 4.74 Å². The fourth-order valence-electron chi connectivity index (χ4n) is 2.73. The van der Waals surface area contributed by atoms with Crippen molar-refractivity contribution in [3.05, 3.63) is 22.9 Å². The molecule has 2 unspecified atom stereocenters. The van der Waals surface area contributed by atoms with Crippen LogP contribution in [0.25, 0.3) is 5.65 Å². The van der Waals surface area contributed by atoms with E-state index in [-0.39, 0.29) is 5.69 Å². The summed E-state index contributed by atoms with van der Waals surface area (Å²) in [6.07, 6.45) is 5.33. The highest BCUT2D eigenvalue weighted by Crippen LogP contribution is 2.39. The monoisotopic (exact) mass is 261 g/mol. The maximum atomic E-state index is 11.3. The molecule has 2 aromatic rings. The lowest BCUT2D eigenvalue weighted by atomic mass is 10.1. The molecule has 2 aromatic heterocycles. The van der Waals surface area contributed by atoms with E-state index in [0.717, 1.165) is 18.8 Å². The largest absolute Gasteiger partial charge is 0.376 e. The zero-order chi connectivity index (χ0) is 12.8.